The van der Waals surface area contributed by atoms with Crippen molar-refractivity contribution in [1.82, 2.24) is 0 Å². The zero-order valence-electron chi connectivity index (χ0n) is 11.6. The Morgan fingerprint density at radius 1 is 0.842 bits per heavy atom. The summed E-state index contributed by atoms with van der Waals surface area (Å²) in [7, 11) is 0. The van der Waals surface area contributed by atoms with Crippen molar-refractivity contribution >= 4 is 5.91 Å². The fraction of sp³-hybridized carbons (Fsp3) is 0.235. The van der Waals surface area contributed by atoms with Crippen LogP contribution in [0.25, 0.3) is 0 Å². The molecule has 0 aliphatic rings. The van der Waals surface area contributed by atoms with Crippen LogP contribution >= 0.6 is 0 Å². The minimum Gasteiger partial charge on any atom is -0.366 e. The van der Waals surface area contributed by atoms with Gasteiger partial charge in [-0.15, -0.1) is 0 Å². The predicted octanol–water partition coefficient (Wildman–Crippen LogP) is 3.60. The largest absolute Gasteiger partial charge is 0.366 e. The normalized spacial score (nSPS) is 9.37. The summed E-state index contributed by atoms with van der Waals surface area (Å²) in [5.74, 6) is -0.379. The van der Waals surface area contributed by atoms with Crippen LogP contribution in [0.5, 0.6) is 0 Å². The first-order valence-corrected chi connectivity index (χ1v) is 6.60. The zero-order chi connectivity index (χ0) is 14.1. The molecule has 0 aliphatic heterocycles. The summed E-state index contributed by atoms with van der Waals surface area (Å²) in [6, 6.07) is 17.6. The minimum atomic E-state index is -0.379. The van der Waals surface area contributed by atoms with Gasteiger partial charge in [-0.1, -0.05) is 56.3 Å². The Hall–Kier alpha value is -2.09. The van der Waals surface area contributed by atoms with Crippen molar-refractivity contribution in [3.8, 4) is 0 Å². The molecule has 1 amide bonds. The molecule has 100 valence electrons. The van der Waals surface area contributed by atoms with E-state index in [9.17, 15) is 4.79 Å². The first kappa shape index (κ1) is 15.0. The molecule has 0 heterocycles. The second kappa shape index (κ2) is 8.09. The molecule has 0 aromatic heterocycles. The summed E-state index contributed by atoms with van der Waals surface area (Å²) in [5, 5.41) is 0. The van der Waals surface area contributed by atoms with Gasteiger partial charge in [-0.05, 0) is 36.1 Å². The molecule has 0 fully saturated rings. The van der Waals surface area contributed by atoms with E-state index in [-0.39, 0.29) is 5.91 Å². The molecule has 0 unspecified atom stereocenters. The lowest BCUT2D eigenvalue weighted by Crippen LogP contribution is -2.09. The maximum atomic E-state index is 10.4. The number of rotatable bonds is 3. The van der Waals surface area contributed by atoms with Crippen molar-refractivity contribution in [1.29, 1.82) is 0 Å². The smallest absolute Gasteiger partial charge is 0.248 e. The number of amides is 1. The fourth-order valence-corrected chi connectivity index (χ4v) is 1.61. The monoisotopic (exact) mass is 255 g/mol. The van der Waals surface area contributed by atoms with Gasteiger partial charge in [0.1, 0.15) is 0 Å². The van der Waals surface area contributed by atoms with E-state index in [1.165, 1.54) is 11.1 Å². The van der Waals surface area contributed by atoms with Gasteiger partial charge in [0.05, 0.1) is 0 Å². The van der Waals surface area contributed by atoms with Crippen LogP contribution in [-0.4, -0.2) is 5.91 Å². The van der Waals surface area contributed by atoms with E-state index in [0.717, 1.165) is 12.8 Å². The molecule has 2 aromatic rings. The van der Waals surface area contributed by atoms with Crippen LogP contribution in [-0.2, 0) is 12.8 Å². The average Bonchev–Trinajstić information content (AvgIpc) is 2.49. The Labute approximate surface area is 115 Å². The number of nitrogens with two attached hydrogens (primary N) is 1. The van der Waals surface area contributed by atoms with Gasteiger partial charge in [0.2, 0.25) is 5.91 Å². The predicted molar refractivity (Wildman–Crippen MR) is 80.2 cm³/mol. The van der Waals surface area contributed by atoms with Crippen LogP contribution in [0.15, 0.2) is 54.6 Å². The van der Waals surface area contributed by atoms with Gasteiger partial charge in [0.25, 0.3) is 0 Å². The van der Waals surface area contributed by atoms with Crippen molar-refractivity contribution in [2.24, 2.45) is 5.73 Å². The van der Waals surface area contributed by atoms with Crippen LogP contribution in [0.3, 0.4) is 0 Å². The molecular formula is C17H21NO. The summed E-state index contributed by atoms with van der Waals surface area (Å²) in [6.07, 6.45) is 2.29. The van der Waals surface area contributed by atoms with Gasteiger partial charge in [-0.3, -0.25) is 4.79 Å². The van der Waals surface area contributed by atoms with E-state index in [1.807, 2.05) is 6.07 Å². The van der Waals surface area contributed by atoms with Gasteiger partial charge in [0, 0.05) is 5.56 Å². The quantitative estimate of drug-likeness (QED) is 0.894. The number of carbonyl (C=O) groups is 1. The van der Waals surface area contributed by atoms with Gasteiger partial charge in [-0.2, -0.15) is 0 Å². The molecule has 2 N–H and O–H groups in total. The van der Waals surface area contributed by atoms with Crippen LogP contribution in [0.4, 0.5) is 0 Å². The first-order chi connectivity index (χ1) is 9.17. The number of primary amides is 1. The average molecular weight is 255 g/mol. The molecule has 19 heavy (non-hydrogen) atoms. The first-order valence-electron chi connectivity index (χ1n) is 6.60. The van der Waals surface area contributed by atoms with E-state index in [0.29, 0.717) is 5.56 Å². The lowest BCUT2D eigenvalue weighted by Gasteiger charge is -1.97. The van der Waals surface area contributed by atoms with E-state index in [1.54, 1.807) is 24.3 Å². The van der Waals surface area contributed by atoms with Crippen LogP contribution in [0.2, 0.25) is 0 Å². The lowest BCUT2D eigenvalue weighted by atomic mass is 10.1. The van der Waals surface area contributed by atoms with Crippen molar-refractivity contribution in [3.05, 3.63) is 71.3 Å². The SMILES string of the molecule is CCc1ccc(CC)cc1.NC(=O)c1ccccc1. The number of aryl methyl sites for hydroxylation is 2. The minimum absolute atomic E-state index is 0.379. The van der Waals surface area contributed by atoms with Gasteiger partial charge in [-0.25, -0.2) is 0 Å². The Kier molecular flexibility index (Phi) is 6.37. The summed E-state index contributed by atoms with van der Waals surface area (Å²) >= 11 is 0. The second-order valence-electron chi connectivity index (χ2n) is 4.25. The van der Waals surface area contributed by atoms with E-state index in [4.69, 9.17) is 5.73 Å². The number of benzene rings is 2. The maximum absolute atomic E-state index is 10.4. The van der Waals surface area contributed by atoms with Crippen LogP contribution in [0.1, 0.15) is 35.3 Å². The molecule has 0 aliphatic carbocycles. The van der Waals surface area contributed by atoms with Crippen molar-refractivity contribution in [2.75, 3.05) is 0 Å². The molecule has 0 radical (unpaired) electrons. The molecule has 2 heteroatoms. The van der Waals surface area contributed by atoms with Crippen molar-refractivity contribution in [2.45, 2.75) is 26.7 Å². The third-order valence-electron chi connectivity index (χ3n) is 2.90. The Bertz CT molecular complexity index is 465. The maximum Gasteiger partial charge on any atom is 0.248 e. The summed E-state index contributed by atoms with van der Waals surface area (Å²) in [4.78, 5) is 10.4. The van der Waals surface area contributed by atoms with Gasteiger partial charge >= 0.3 is 0 Å². The highest BCUT2D eigenvalue weighted by Crippen LogP contribution is 2.04. The van der Waals surface area contributed by atoms with Crippen LogP contribution in [0, 0.1) is 0 Å². The molecule has 0 spiro atoms. The number of carbonyl (C=O) groups excluding carboxylic acids is 1. The Morgan fingerprint density at radius 3 is 1.53 bits per heavy atom. The Balaban J connectivity index is 0.000000191. The number of hydrogen-bond acceptors (Lipinski definition) is 1. The molecule has 2 aromatic carbocycles. The molecule has 0 saturated heterocycles. The standard InChI is InChI=1S/C10H14.C7H7NO/c1-3-9-5-7-10(4-2)8-6-9;8-7(9)6-4-2-1-3-5-6/h5-8H,3-4H2,1-2H3;1-5H,(H2,8,9). The van der Waals surface area contributed by atoms with Gasteiger partial charge < -0.3 is 5.73 Å². The van der Waals surface area contributed by atoms with E-state index < -0.39 is 0 Å². The van der Waals surface area contributed by atoms with Crippen molar-refractivity contribution < 1.29 is 4.79 Å². The lowest BCUT2D eigenvalue weighted by molar-refractivity contribution is 0.100. The highest BCUT2D eigenvalue weighted by Gasteiger charge is 1.93. The molecule has 2 rings (SSSR count). The summed E-state index contributed by atoms with van der Waals surface area (Å²) in [6.45, 7) is 4.36. The third kappa shape index (κ3) is 5.38. The molecular weight excluding hydrogens is 234 g/mol. The van der Waals surface area contributed by atoms with E-state index in [2.05, 4.69) is 38.1 Å². The van der Waals surface area contributed by atoms with Gasteiger partial charge in [0.15, 0.2) is 0 Å². The summed E-state index contributed by atoms with van der Waals surface area (Å²) in [5.41, 5.74) is 8.38. The molecule has 0 saturated carbocycles. The highest BCUT2D eigenvalue weighted by molar-refractivity contribution is 5.92. The summed E-state index contributed by atoms with van der Waals surface area (Å²) < 4.78 is 0. The topological polar surface area (TPSA) is 43.1 Å². The molecule has 0 bridgehead atoms. The zero-order valence-corrected chi connectivity index (χ0v) is 11.6. The van der Waals surface area contributed by atoms with Crippen LogP contribution < -0.4 is 5.73 Å². The third-order valence-corrected chi connectivity index (χ3v) is 2.90. The van der Waals surface area contributed by atoms with Crippen molar-refractivity contribution in [3.63, 3.8) is 0 Å². The number of hydrogen-bond donors (Lipinski definition) is 1. The molecule has 2 nitrogen and oxygen atoms in total. The molecule has 0 atom stereocenters. The Morgan fingerprint density at radius 2 is 1.26 bits per heavy atom. The second-order valence-corrected chi connectivity index (χ2v) is 4.25. The fourth-order valence-electron chi connectivity index (χ4n) is 1.61. The van der Waals surface area contributed by atoms with E-state index >= 15 is 0 Å². The highest BCUT2D eigenvalue weighted by atomic mass is 16.1.